The summed E-state index contributed by atoms with van der Waals surface area (Å²) < 4.78 is 14.5. The summed E-state index contributed by atoms with van der Waals surface area (Å²) in [6.07, 6.45) is 1.15. The van der Waals surface area contributed by atoms with E-state index in [4.69, 9.17) is 5.11 Å². The Bertz CT molecular complexity index is 560. The molecular formula is C10H9FN2O2. The zero-order chi connectivity index (χ0) is 11.2. The molecule has 0 amide bonds. The summed E-state index contributed by atoms with van der Waals surface area (Å²) in [5.74, 6) is -1.55. The van der Waals surface area contributed by atoms with Gasteiger partial charge in [0.15, 0.2) is 5.69 Å². The number of aromatic nitrogens is 2. The van der Waals surface area contributed by atoms with Crippen molar-refractivity contribution in [2.45, 2.75) is 13.8 Å². The molecule has 0 unspecified atom stereocenters. The first-order valence-corrected chi connectivity index (χ1v) is 4.39. The number of hydrogen-bond donors (Lipinski definition) is 1. The van der Waals surface area contributed by atoms with Gasteiger partial charge in [0.2, 0.25) is 0 Å². The maximum absolute atomic E-state index is 13.3. The molecule has 15 heavy (non-hydrogen) atoms. The summed E-state index contributed by atoms with van der Waals surface area (Å²) in [6.45, 7) is 3.20. The molecule has 1 N–H and O–H groups in total. The Morgan fingerprint density at radius 3 is 2.80 bits per heavy atom. The fourth-order valence-electron chi connectivity index (χ4n) is 1.54. The van der Waals surface area contributed by atoms with E-state index in [-0.39, 0.29) is 5.69 Å². The molecule has 0 bridgehead atoms. The fourth-order valence-corrected chi connectivity index (χ4v) is 1.54. The van der Waals surface area contributed by atoms with E-state index >= 15 is 0 Å². The molecule has 0 fully saturated rings. The van der Waals surface area contributed by atoms with Gasteiger partial charge in [-0.3, -0.25) is 4.40 Å². The molecule has 0 radical (unpaired) electrons. The second-order valence-corrected chi connectivity index (χ2v) is 3.38. The molecule has 0 aliphatic carbocycles. The molecule has 2 rings (SSSR count). The summed E-state index contributed by atoms with van der Waals surface area (Å²) >= 11 is 0. The quantitative estimate of drug-likeness (QED) is 0.777. The molecule has 0 spiro atoms. The van der Waals surface area contributed by atoms with Crippen LogP contribution >= 0.6 is 0 Å². The Balaban J connectivity index is 2.87. The molecule has 0 aliphatic rings. The average molecular weight is 208 g/mol. The first-order valence-electron chi connectivity index (χ1n) is 4.39. The largest absolute Gasteiger partial charge is 0.477 e. The van der Waals surface area contributed by atoms with Crippen LogP contribution in [0.2, 0.25) is 0 Å². The van der Waals surface area contributed by atoms with Crippen LogP contribution in [-0.2, 0) is 0 Å². The predicted octanol–water partition coefficient (Wildman–Crippen LogP) is 1.79. The van der Waals surface area contributed by atoms with Crippen LogP contribution in [0.15, 0.2) is 12.3 Å². The van der Waals surface area contributed by atoms with E-state index in [1.54, 1.807) is 13.8 Å². The molecule has 0 atom stereocenters. The molecule has 0 saturated heterocycles. The molecule has 4 nitrogen and oxygen atoms in total. The van der Waals surface area contributed by atoms with Gasteiger partial charge in [-0.1, -0.05) is 0 Å². The van der Waals surface area contributed by atoms with E-state index in [1.807, 2.05) is 0 Å². The van der Waals surface area contributed by atoms with Gasteiger partial charge in [-0.15, -0.1) is 0 Å². The highest BCUT2D eigenvalue weighted by atomic mass is 19.1. The van der Waals surface area contributed by atoms with Crippen molar-refractivity contribution in [3.8, 4) is 0 Å². The summed E-state index contributed by atoms with van der Waals surface area (Å²) in [5.41, 5.74) is 1.28. The van der Waals surface area contributed by atoms with Crippen LogP contribution in [0.5, 0.6) is 0 Å². The van der Waals surface area contributed by atoms with Gasteiger partial charge in [-0.2, -0.15) is 0 Å². The fraction of sp³-hybridized carbons (Fsp3) is 0.200. The van der Waals surface area contributed by atoms with Gasteiger partial charge in [-0.05, 0) is 25.5 Å². The Morgan fingerprint density at radius 1 is 1.53 bits per heavy atom. The lowest BCUT2D eigenvalue weighted by atomic mass is 10.3. The maximum atomic E-state index is 13.3. The minimum Gasteiger partial charge on any atom is -0.477 e. The second kappa shape index (κ2) is 3.05. The highest BCUT2D eigenvalue weighted by Crippen LogP contribution is 2.15. The minimum absolute atomic E-state index is 0.00361. The highest BCUT2D eigenvalue weighted by molar-refractivity contribution is 5.88. The Morgan fingerprint density at radius 2 is 2.20 bits per heavy atom. The van der Waals surface area contributed by atoms with Crippen molar-refractivity contribution in [1.82, 2.24) is 9.38 Å². The third kappa shape index (κ3) is 1.36. The summed E-state index contributed by atoms with van der Waals surface area (Å²) in [5, 5.41) is 8.93. The molecule has 5 heteroatoms. The van der Waals surface area contributed by atoms with Crippen molar-refractivity contribution in [3.63, 3.8) is 0 Å². The monoisotopic (exact) mass is 208 g/mol. The molecule has 0 aromatic carbocycles. The highest BCUT2D eigenvalue weighted by Gasteiger charge is 2.16. The number of fused-ring (bicyclic) bond motifs is 1. The van der Waals surface area contributed by atoms with Crippen molar-refractivity contribution in [1.29, 1.82) is 0 Å². The van der Waals surface area contributed by atoms with Gasteiger partial charge < -0.3 is 5.11 Å². The van der Waals surface area contributed by atoms with Crippen LogP contribution in [0.4, 0.5) is 4.39 Å². The van der Waals surface area contributed by atoms with Crippen molar-refractivity contribution in [2.75, 3.05) is 0 Å². The van der Waals surface area contributed by atoms with Crippen LogP contribution in [0.1, 0.15) is 21.7 Å². The van der Waals surface area contributed by atoms with Crippen molar-refractivity contribution < 1.29 is 14.3 Å². The van der Waals surface area contributed by atoms with Crippen molar-refractivity contribution >= 4 is 11.6 Å². The number of hydrogen-bond acceptors (Lipinski definition) is 2. The third-order valence-corrected chi connectivity index (χ3v) is 2.28. The molecule has 0 saturated carbocycles. The van der Waals surface area contributed by atoms with Crippen LogP contribution < -0.4 is 0 Å². The summed E-state index contributed by atoms with van der Waals surface area (Å²) in [6, 6.07) is 1.52. The zero-order valence-corrected chi connectivity index (χ0v) is 8.28. The van der Waals surface area contributed by atoms with Crippen LogP contribution in [0, 0.1) is 19.7 Å². The lowest BCUT2D eigenvalue weighted by Gasteiger charge is -2.00. The minimum atomic E-state index is -1.11. The van der Waals surface area contributed by atoms with Crippen LogP contribution in [-0.4, -0.2) is 20.5 Å². The van der Waals surface area contributed by atoms with Crippen molar-refractivity contribution in [2.24, 2.45) is 0 Å². The Kier molecular flexibility index (Phi) is 1.96. The smallest absolute Gasteiger partial charge is 0.354 e. The number of aromatic carboxylic acids is 1. The maximum Gasteiger partial charge on any atom is 0.354 e. The number of aryl methyl sites for hydroxylation is 2. The van der Waals surface area contributed by atoms with Gasteiger partial charge in [0, 0.05) is 6.20 Å². The second-order valence-electron chi connectivity index (χ2n) is 3.38. The van der Waals surface area contributed by atoms with Crippen molar-refractivity contribution in [3.05, 3.63) is 35.0 Å². The summed E-state index contributed by atoms with van der Waals surface area (Å²) in [4.78, 5) is 15.0. The predicted molar refractivity (Wildman–Crippen MR) is 51.6 cm³/mol. The van der Waals surface area contributed by atoms with Crippen LogP contribution in [0.3, 0.4) is 0 Å². The summed E-state index contributed by atoms with van der Waals surface area (Å²) in [7, 11) is 0. The van der Waals surface area contributed by atoms with E-state index in [0.717, 1.165) is 6.20 Å². The Labute approximate surface area is 85.0 Å². The number of nitrogens with zero attached hydrogens (tertiary/aromatic N) is 2. The van der Waals surface area contributed by atoms with Gasteiger partial charge >= 0.3 is 5.97 Å². The molecule has 0 aliphatic heterocycles. The van der Waals surface area contributed by atoms with E-state index < -0.39 is 11.8 Å². The number of imidazole rings is 1. The number of carbonyl (C=O) groups is 1. The Hall–Kier alpha value is -1.91. The normalized spacial score (nSPS) is 10.9. The zero-order valence-electron chi connectivity index (χ0n) is 8.28. The number of carboxylic acids is 1. The number of halogens is 1. The standard InChI is InChI=1S/C10H9FN2O2/c1-5-3-8-12-6(2)9(10(14)15)13(8)4-7(5)11/h3-4H,1-2H3,(H,14,15). The van der Waals surface area contributed by atoms with E-state index in [1.165, 1.54) is 10.5 Å². The number of carboxylic acid groups (broad SMARTS) is 1. The van der Waals surface area contributed by atoms with Gasteiger partial charge in [0.05, 0.1) is 5.69 Å². The van der Waals surface area contributed by atoms with Gasteiger partial charge in [-0.25, -0.2) is 14.2 Å². The first kappa shape index (κ1) is 9.64. The average Bonchev–Trinajstić information content (AvgIpc) is 2.41. The van der Waals surface area contributed by atoms with E-state index in [9.17, 15) is 9.18 Å². The van der Waals surface area contributed by atoms with Gasteiger partial charge in [0.1, 0.15) is 11.5 Å². The topological polar surface area (TPSA) is 54.6 Å². The number of pyridine rings is 1. The SMILES string of the molecule is Cc1cc2nc(C)c(C(=O)O)n2cc1F. The number of rotatable bonds is 1. The lowest BCUT2D eigenvalue weighted by Crippen LogP contribution is -2.04. The van der Waals surface area contributed by atoms with Gasteiger partial charge in [0.25, 0.3) is 0 Å². The third-order valence-electron chi connectivity index (χ3n) is 2.28. The van der Waals surface area contributed by atoms with E-state index in [0.29, 0.717) is 16.9 Å². The van der Waals surface area contributed by atoms with Crippen LogP contribution in [0.25, 0.3) is 5.65 Å². The van der Waals surface area contributed by atoms with E-state index in [2.05, 4.69) is 4.98 Å². The molecule has 2 heterocycles. The lowest BCUT2D eigenvalue weighted by molar-refractivity contribution is 0.0688. The molecule has 2 aromatic heterocycles. The molecular weight excluding hydrogens is 199 g/mol. The molecule has 78 valence electrons. The first-order chi connectivity index (χ1) is 7.00. The molecule has 2 aromatic rings.